The molecule has 4 rings (SSSR count). The first-order chi connectivity index (χ1) is 17.1. The minimum absolute atomic E-state index is 0.0265. The van der Waals surface area contributed by atoms with Crippen LogP contribution in [0.2, 0.25) is 18.1 Å². The topological polar surface area (TPSA) is 0 Å². The number of benzene rings is 1. The summed E-state index contributed by atoms with van der Waals surface area (Å²) < 4.78 is 27.1. The Morgan fingerprint density at radius 2 is 1.49 bits per heavy atom. The van der Waals surface area contributed by atoms with Gasteiger partial charge in [-0.25, -0.2) is 8.78 Å². The number of unbranched alkanes of at least 4 members (excludes halogenated alkanes) is 2. The molecule has 0 spiro atoms. The maximum Gasteiger partial charge on any atom is 0.159 e. The number of halogens is 2. The van der Waals surface area contributed by atoms with Crippen LogP contribution in [0.1, 0.15) is 108 Å². The lowest BCUT2D eigenvalue weighted by Crippen LogP contribution is -2.33. The van der Waals surface area contributed by atoms with Crippen molar-refractivity contribution < 1.29 is 8.78 Å². The van der Waals surface area contributed by atoms with Crippen molar-refractivity contribution in [2.24, 2.45) is 29.6 Å². The number of hydrogen-bond acceptors (Lipinski definition) is 0. The van der Waals surface area contributed by atoms with Crippen LogP contribution in [0.15, 0.2) is 18.2 Å². The van der Waals surface area contributed by atoms with Gasteiger partial charge >= 0.3 is 0 Å². The summed E-state index contributed by atoms with van der Waals surface area (Å²) in [7, 11) is -0.0265. The monoisotopic (exact) mass is 497 g/mol. The molecule has 193 valence electrons. The lowest BCUT2D eigenvalue weighted by Gasteiger charge is -2.42. The van der Waals surface area contributed by atoms with E-state index in [0.29, 0.717) is 17.8 Å². The quantitative estimate of drug-likeness (QED) is 0.181. The Morgan fingerprint density at radius 3 is 2.09 bits per heavy atom. The second-order valence-electron chi connectivity index (χ2n) is 12.1. The van der Waals surface area contributed by atoms with E-state index in [1.54, 1.807) is 24.2 Å². The zero-order valence-electron chi connectivity index (χ0n) is 22.1. The largest absolute Gasteiger partial charge is 0.204 e. The van der Waals surface area contributed by atoms with Crippen molar-refractivity contribution in [2.75, 3.05) is 0 Å². The Kier molecular flexibility index (Phi) is 10.3. The molecular weight excluding hydrogens is 450 g/mol. The molecule has 3 aliphatic rings. The second-order valence-corrected chi connectivity index (χ2v) is 15.1. The molecule has 3 fully saturated rings. The normalized spacial score (nSPS) is 29.5. The standard InChI is InChI=1S/C32H47F2Si/c1-3-5-6-20-35-21-18-26(19-22-35)24-8-12-27(13-9-24)30(7-4-2)28-14-10-25(11-15-28)29-16-17-31(33)32(34)23-29/h2,16-17,23-28,30H,3,5-15,18-22H2,1H3. The van der Waals surface area contributed by atoms with E-state index in [4.69, 9.17) is 6.42 Å². The van der Waals surface area contributed by atoms with E-state index in [0.717, 1.165) is 42.6 Å². The molecule has 1 heterocycles. The Labute approximate surface area is 215 Å². The zero-order chi connectivity index (χ0) is 24.6. The van der Waals surface area contributed by atoms with Gasteiger partial charge in [0, 0.05) is 15.2 Å². The van der Waals surface area contributed by atoms with Gasteiger partial charge in [0.15, 0.2) is 11.6 Å². The van der Waals surface area contributed by atoms with Crippen LogP contribution in [0.25, 0.3) is 0 Å². The molecule has 0 bridgehead atoms. The molecule has 1 radical (unpaired) electrons. The van der Waals surface area contributed by atoms with Crippen LogP contribution >= 0.6 is 0 Å². The summed E-state index contributed by atoms with van der Waals surface area (Å²) in [6, 6.07) is 9.23. The van der Waals surface area contributed by atoms with Crippen molar-refractivity contribution in [2.45, 2.75) is 121 Å². The fraction of sp³-hybridized carbons (Fsp3) is 0.750. The third-order valence-electron chi connectivity index (χ3n) is 10.1. The zero-order valence-corrected chi connectivity index (χ0v) is 23.1. The van der Waals surface area contributed by atoms with Crippen molar-refractivity contribution in [3.63, 3.8) is 0 Å². The average Bonchev–Trinajstić information content (AvgIpc) is 2.90. The van der Waals surface area contributed by atoms with Gasteiger partial charge in [-0.15, -0.1) is 12.3 Å². The molecule has 1 saturated heterocycles. The van der Waals surface area contributed by atoms with Gasteiger partial charge in [-0.2, -0.15) is 0 Å². The summed E-state index contributed by atoms with van der Waals surface area (Å²) in [6.07, 6.45) is 24.3. The van der Waals surface area contributed by atoms with E-state index in [9.17, 15) is 8.78 Å². The molecule has 0 nitrogen and oxygen atoms in total. The predicted molar refractivity (Wildman–Crippen MR) is 146 cm³/mol. The highest BCUT2D eigenvalue weighted by Gasteiger charge is 2.37. The van der Waals surface area contributed by atoms with Crippen LogP contribution < -0.4 is 0 Å². The maximum absolute atomic E-state index is 13.7. The molecule has 0 amide bonds. The van der Waals surface area contributed by atoms with Gasteiger partial charge in [0.05, 0.1) is 0 Å². The molecule has 2 aliphatic carbocycles. The van der Waals surface area contributed by atoms with Crippen LogP contribution in [-0.2, 0) is 0 Å². The third kappa shape index (κ3) is 7.21. The van der Waals surface area contributed by atoms with Gasteiger partial charge in [0.1, 0.15) is 0 Å². The van der Waals surface area contributed by atoms with E-state index in [1.165, 1.54) is 82.8 Å². The lowest BCUT2D eigenvalue weighted by molar-refractivity contribution is 0.105. The fourth-order valence-electron chi connectivity index (χ4n) is 7.94. The van der Waals surface area contributed by atoms with Crippen molar-refractivity contribution >= 4 is 8.80 Å². The minimum atomic E-state index is -0.742. The highest BCUT2D eigenvalue weighted by molar-refractivity contribution is 6.58. The van der Waals surface area contributed by atoms with Crippen LogP contribution in [0, 0.1) is 53.6 Å². The molecule has 0 aromatic heterocycles. The van der Waals surface area contributed by atoms with Crippen LogP contribution in [0.3, 0.4) is 0 Å². The summed E-state index contributed by atoms with van der Waals surface area (Å²) in [5.41, 5.74) is 0.971. The van der Waals surface area contributed by atoms with Gasteiger partial charge < -0.3 is 0 Å². The highest BCUT2D eigenvalue weighted by Crippen LogP contribution is 2.48. The van der Waals surface area contributed by atoms with Gasteiger partial charge in [0.2, 0.25) is 0 Å². The molecule has 3 heteroatoms. The minimum Gasteiger partial charge on any atom is -0.204 e. The van der Waals surface area contributed by atoms with E-state index < -0.39 is 11.6 Å². The number of hydrogen-bond donors (Lipinski definition) is 0. The molecule has 1 aromatic carbocycles. The summed E-state index contributed by atoms with van der Waals surface area (Å²) in [5, 5.41) is 0. The summed E-state index contributed by atoms with van der Waals surface area (Å²) in [4.78, 5) is 0. The Morgan fingerprint density at radius 1 is 0.857 bits per heavy atom. The van der Waals surface area contributed by atoms with Crippen molar-refractivity contribution in [3.8, 4) is 12.3 Å². The summed E-state index contributed by atoms with van der Waals surface area (Å²) >= 11 is 0. The van der Waals surface area contributed by atoms with Crippen LogP contribution in [0.5, 0.6) is 0 Å². The number of terminal acetylenes is 1. The van der Waals surface area contributed by atoms with Crippen LogP contribution in [-0.4, -0.2) is 8.80 Å². The first-order valence-electron chi connectivity index (χ1n) is 14.8. The molecule has 35 heavy (non-hydrogen) atoms. The second kappa shape index (κ2) is 13.4. The SMILES string of the molecule is C#CCC(C1CCC(c2ccc(F)c(F)c2)CC1)C1CCC(C2CC[Si](CCCCC)CC2)CC1. The summed E-state index contributed by atoms with van der Waals surface area (Å²) in [5.74, 6) is 6.08. The first-order valence-corrected chi connectivity index (χ1v) is 16.9. The Balaban J connectivity index is 1.23. The predicted octanol–water partition coefficient (Wildman–Crippen LogP) is 9.78. The molecule has 1 aliphatic heterocycles. The van der Waals surface area contributed by atoms with Crippen molar-refractivity contribution in [1.29, 1.82) is 0 Å². The fourth-order valence-corrected chi connectivity index (χ4v) is 11.0. The van der Waals surface area contributed by atoms with Gasteiger partial charge in [0.25, 0.3) is 0 Å². The maximum atomic E-state index is 13.7. The Hall–Kier alpha value is -1.14. The lowest BCUT2D eigenvalue weighted by atomic mass is 9.64. The molecule has 1 aromatic rings. The van der Waals surface area contributed by atoms with E-state index in [-0.39, 0.29) is 8.80 Å². The molecular formula is C32H47F2Si. The summed E-state index contributed by atoms with van der Waals surface area (Å²) in [6.45, 7) is 2.32. The molecule has 1 atom stereocenters. The van der Waals surface area contributed by atoms with E-state index in [2.05, 4.69) is 12.8 Å². The number of rotatable bonds is 9. The molecule has 2 saturated carbocycles. The van der Waals surface area contributed by atoms with Gasteiger partial charge in [-0.3, -0.25) is 0 Å². The van der Waals surface area contributed by atoms with Gasteiger partial charge in [-0.05, 0) is 105 Å². The van der Waals surface area contributed by atoms with Crippen molar-refractivity contribution in [1.82, 2.24) is 0 Å². The average molecular weight is 498 g/mol. The smallest absolute Gasteiger partial charge is 0.159 e. The Bertz CT molecular complexity index is 805. The van der Waals surface area contributed by atoms with E-state index >= 15 is 0 Å². The van der Waals surface area contributed by atoms with Gasteiger partial charge in [-0.1, -0.05) is 63.2 Å². The van der Waals surface area contributed by atoms with E-state index in [1.807, 2.05) is 0 Å². The molecule has 1 unspecified atom stereocenters. The first kappa shape index (κ1) is 26.9. The highest BCUT2D eigenvalue weighted by atomic mass is 28.3. The van der Waals surface area contributed by atoms with Crippen LogP contribution in [0.4, 0.5) is 8.78 Å². The molecule has 0 N–H and O–H groups in total. The third-order valence-corrected chi connectivity index (χ3v) is 13.2. The van der Waals surface area contributed by atoms with Crippen molar-refractivity contribution in [3.05, 3.63) is 35.4 Å².